The van der Waals surface area contributed by atoms with Crippen molar-refractivity contribution < 1.29 is 0 Å². The van der Waals surface area contributed by atoms with E-state index in [0.717, 1.165) is 50.1 Å². The van der Waals surface area contributed by atoms with Gasteiger partial charge >= 0.3 is 0 Å². The van der Waals surface area contributed by atoms with Crippen LogP contribution in [-0.4, -0.2) is 19.9 Å². The molecule has 4 aromatic heterocycles. The molecule has 11 aromatic rings. The summed E-state index contributed by atoms with van der Waals surface area (Å²) < 4.78 is 5.15. The first kappa shape index (κ1) is 32.6. The molecule has 0 atom stereocenters. The van der Waals surface area contributed by atoms with Crippen LogP contribution in [0.1, 0.15) is 0 Å². The molecule has 0 saturated heterocycles. The molecular formula is C50H30N4S2. The lowest BCUT2D eigenvalue weighted by Crippen LogP contribution is -2.01. The van der Waals surface area contributed by atoms with Crippen LogP contribution in [0.5, 0.6) is 0 Å². The molecule has 0 aliphatic heterocycles. The number of fused-ring (bicyclic) bond motifs is 6. The van der Waals surface area contributed by atoms with Crippen LogP contribution >= 0.6 is 22.7 Å². The minimum Gasteiger partial charge on any atom is -0.264 e. The molecule has 0 N–H and O–H groups in total. The monoisotopic (exact) mass is 750 g/mol. The predicted octanol–water partition coefficient (Wildman–Crippen LogP) is 14.0. The Bertz CT molecular complexity index is 3130. The van der Waals surface area contributed by atoms with Crippen LogP contribution in [0.2, 0.25) is 0 Å². The number of pyridine rings is 1. The summed E-state index contributed by atoms with van der Waals surface area (Å²) in [6.45, 7) is 0. The Kier molecular flexibility index (Phi) is 7.83. The number of thiophene rings is 2. The SMILES string of the molecule is c1ccc(-c2nc(-c3cc(-c4ccc5sc6ccccc6c5c4)cc(-c4ccc5sc6ccccc6c5c4)c3)nc(-c3ccccc3-c3cccnc3)n2)cc1. The van der Waals surface area contributed by atoms with Gasteiger partial charge in [0.05, 0.1) is 0 Å². The van der Waals surface area contributed by atoms with Crippen molar-refractivity contribution >= 4 is 63.0 Å². The fourth-order valence-electron chi connectivity index (χ4n) is 7.70. The Morgan fingerprint density at radius 3 is 1.43 bits per heavy atom. The maximum Gasteiger partial charge on any atom is 0.164 e. The maximum atomic E-state index is 5.28. The number of nitrogens with zero attached hydrogens (tertiary/aromatic N) is 4. The van der Waals surface area contributed by atoms with Crippen molar-refractivity contribution in [3.8, 4) is 67.5 Å². The summed E-state index contributed by atoms with van der Waals surface area (Å²) in [6, 6.07) is 60.3. The third-order valence-electron chi connectivity index (χ3n) is 10.4. The third kappa shape index (κ3) is 5.75. The largest absolute Gasteiger partial charge is 0.264 e. The van der Waals surface area contributed by atoms with Crippen molar-refractivity contribution in [3.05, 3.63) is 182 Å². The molecule has 0 aliphatic carbocycles. The molecule has 0 unspecified atom stereocenters. The van der Waals surface area contributed by atoms with E-state index in [1.807, 2.05) is 65.3 Å². The maximum absolute atomic E-state index is 5.28. The highest BCUT2D eigenvalue weighted by Crippen LogP contribution is 2.41. The standard InChI is InChI=1S/C50H30N4S2/c1-2-11-31(12-3-1)48-52-49(54-50(53-48)41-17-5-4-14-38(41)34-13-10-24-51-30-34)37-26-35(32-20-22-46-42(28-32)39-15-6-8-18-44(39)55-46)25-36(27-37)33-21-23-47-43(29-33)40-16-7-9-19-45(40)56-47/h1-30H. The van der Waals surface area contributed by atoms with Gasteiger partial charge in [0.1, 0.15) is 0 Å². The number of hydrogen-bond acceptors (Lipinski definition) is 6. The molecule has 6 heteroatoms. The van der Waals surface area contributed by atoms with Crippen molar-refractivity contribution in [2.75, 3.05) is 0 Å². The lowest BCUT2D eigenvalue weighted by atomic mass is 9.94. The summed E-state index contributed by atoms with van der Waals surface area (Å²) >= 11 is 3.67. The quantitative estimate of drug-likeness (QED) is 0.170. The van der Waals surface area contributed by atoms with Gasteiger partial charge in [0.15, 0.2) is 17.5 Å². The zero-order valence-electron chi connectivity index (χ0n) is 29.9. The van der Waals surface area contributed by atoms with Gasteiger partial charge in [0, 0.05) is 75.0 Å². The Labute approximate surface area is 331 Å². The highest BCUT2D eigenvalue weighted by molar-refractivity contribution is 7.26. The fourth-order valence-corrected chi connectivity index (χ4v) is 9.87. The van der Waals surface area contributed by atoms with E-state index in [1.165, 1.54) is 40.3 Å². The Hall–Kier alpha value is -6.86. The zero-order valence-corrected chi connectivity index (χ0v) is 31.6. The summed E-state index contributed by atoms with van der Waals surface area (Å²) in [5.41, 5.74) is 9.27. The second-order valence-corrected chi connectivity index (χ2v) is 16.0. The number of benzene rings is 7. The lowest BCUT2D eigenvalue weighted by Gasteiger charge is -2.14. The second-order valence-electron chi connectivity index (χ2n) is 13.9. The Morgan fingerprint density at radius 1 is 0.304 bits per heavy atom. The van der Waals surface area contributed by atoms with Crippen LogP contribution in [-0.2, 0) is 0 Å². The molecule has 11 rings (SSSR count). The van der Waals surface area contributed by atoms with E-state index in [9.17, 15) is 0 Å². The summed E-state index contributed by atoms with van der Waals surface area (Å²) in [5.74, 6) is 1.84. The Morgan fingerprint density at radius 2 is 0.804 bits per heavy atom. The van der Waals surface area contributed by atoms with Crippen LogP contribution < -0.4 is 0 Å². The summed E-state index contributed by atoms with van der Waals surface area (Å²) in [6.07, 6.45) is 3.68. The minimum atomic E-state index is 0.609. The molecule has 0 bridgehead atoms. The first-order valence-corrected chi connectivity index (χ1v) is 20.2. The molecule has 0 aliphatic rings. The van der Waals surface area contributed by atoms with Gasteiger partial charge < -0.3 is 0 Å². The van der Waals surface area contributed by atoms with Crippen LogP contribution in [0.4, 0.5) is 0 Å². The van der Waals surface area contributed by atoms with Crippen LogP contribution in [0, 0.1) is 0 Å². The van der Waals surface area contributed by atoms with Crippen molar-refractivity contribution in [3.63, 3.8) is 0 Å². The van der Waals surface area contributed by atoms with E-state index in [-0.39, 0.29) is 0 Å². The van der Waals surface area contributed by atoms with Crippen molar-refractivity contribution in [1.82, 2.24) is 19.9 Å². The van der Waals surface area contributed by atoms with E-state index in [0.29, 0.717) is 17.5 Å². The third-order valence-corrected chi connectivity index (χ3v) is 12.7. The van der Waals surface area contributed by atoms with Gasteiger partial charge in [0.2, 0.25) is 0 Å². The van der Waals surface area contributed by atoms with Crippen LogP contribution in [0.3, 0.4) is 0 Å². The average Bonchev–Trinajstić information content (AvgIpc) is 3.84. The highest BCUT2D eigenvalue weighted by atomic mass is 32.1. The van der Waals surface area contributed by atoms with E-state index >= 15 is 0 Å². The van der Waals surface area contributed by atoms with E-state index < -0.39 is 0 Å². The van der Waals surface area contributed by atoms with E-state index in [4.69, 9.17) is 15.0 Å². The normalized spacial score (nSPS) is 11.6. The summed E-state index contributed by atoms with van der Waals surface area (Å²) in [5, 5.41) is 5.09. The van der Waals surface area contributed by atoms with Crippen molar-refractivity contribution in [2.45, 2.75) is 0 Å². The average molecular weight is 751 g/mol. The molecule has 7 aromatic carbocycles. The number of hydrogen-bond donors (Lipinski definition) is 0. The molecule has 56 heavy (non-hydrogen) atoms. The van der Waals surface area contributed by atoms with Crippen LogP contribution in [0.25, 0.3) is 108 Å². The van der Waals surface area contributed by atoms with Gasteiger partial charge in [-0.15, -0.1) is 22.7 Å². The van der Waals surface area contributed by atoms with E-state index in [2.05, 4.69) is 138 Å². The van der Waals surface area contributed by atoms with Crippen LogP contribution in [0.15, 0.2) is 182 Å². The first-order valence-electron chi connectivity index (χ1n) is 18.5. The zero-order chi connectivity index (χ0) is 37.0. The molecule has 0 spiro atoms. The molecule has 4 heterocycles. The molecule has 0 amide bonds. The second kappa shape index (κ2) is 13.5. The fraction of sp³-hybridized carbons (Fsp3) is 0. The van der Waals surface area contributed by atoms with Gasteiger partial charge in [0.25, 0.3) is 0 Å². The smallest absolute Gasteiger partial charge is 0.164 e. The van der Waals surface area contributed by atoms with Gasteiger partial charge in [-0.1, -0.05) is 109 Å². The van der Waals surface area contributed by atoms with Gasteiger partial charge in [-0.2, -0.15) is 0 Å². The number of rotatable bonds is 6. The van der Waals surface area contributed by atoms with Gasteiger partial charge in [-0.3, -0.25) is 4.98 Å². The highest BCUT2D eigenvalue weighted by Gasteiger charge is 2.18. The molecule has 0 fully saturated rings. The molecular weight excluding hydrogens is 721 g/mol. The topological polar surface area (TPSA) is 51.6 Å². The molecule has 4 nitrogen and oxygen atoms in total. The molecule has 0 radical (unpaired) electrons. The molecule has 262 valence electrons. The first-order chi connectivity index (χ1) is 27.7. The minimum absolute atomic E-state index is 0.609. The van der Waals surface area contributed by atoms with Gasteiger partial charge in [-0.25, -0.2) is 15.0 Å². The molecule has 0 saturated carbocycles. The Balaban J connectivity index is 1.15. The van der Waals surface area contributed by atoms with E-state index in [1.54, 1.807) is 6.20 Å². The predicted molar refractivity (Wildman–Crippen MR) is 236 cm³/mol. The summed E-state index contributed by atoms with van der Waals surface area (Å²) in [7, 11) is 0. The van der Waals surface area contributed by atoms with Crippen molar-refractivity contribution in [2.24, 2.45) is 0 Å². The lowest BCUT2D eigenvalue weighted by molar-refractivity contribution is 1.07. The summed E-state index contributed by atoms with van der Waals surface area (Å²) in [4.78, 5) is 20.0. The van der Waals surface area contributed by atoms with Crippen molar-refractivity contribution in [1.29, 1.82) is 0 Å². The van der Waals surface area contributed by atoms with Gasteiger partial charge in [-0.05, 0) is 88.5 Å². The number of aromatic nitrogens is 4.